The van der Waals surface area contributed by atoms with Gasteiger partial charge in [0.1, 0.15) is 23.4 Å². The lowest BCUT2D eigenvalue weighted by atomic mass is 9.98. The monoisotopic (exact) mass is 471 g/mol. The molecule has 0 aliphatic carbocycles. The smallest absolute Gasteiger partial charge is 0.325 e. The molecule has 0 spiro atoms. The lowest BCUT2D eigenvalue weighted by Gasteiger charge is -2.17. The molecular formula is C27H22ClN3O3. The first-order valence-corrected chi connectivity index (χ1v) is 11.2. The van der Waals surface area contributed by atoms with Gasteiger partial charge in [0, 0.05) is 21.5 Å². The maximum absolute atomic E-state index is 11.5. The second kappa shape index (κ2) is 9.82. The normalized spacial score (nSPS) is 11.6. The Morgan fingerprint density at radius 3 is 2.53 bits per heavy atom. The zero-order valence-corrected chi connectivity index (χ0v) is 19.4. The number of nitriles is 1. The number of aliphatic carboxylic acids is 1. The molecule has 0 aliphatic rings. The van der Waals surface area contributed by atoms with Crippen LogP contribution in [0.1, 0.15) is 19.4 Å². The zero-order chi connectivity index (χ0) is 24.2. The summed E-state index contributed by atoms with van der Waals surface area (Å²) < 4.78 is 5.75. The van der Waals surface area contributed by atoms with Gasteiger partial charge in [-0.25, -0.2) is 4.98 Å². The van der Waals surface area contributed by atoms with Crippen LogP contribution in [0.4, 0.5) is 5.69 Å². The molecule has 0 radical (unpaired) electrons. The van der Waals surface area contributed by atoms with Crippen molar-refractivity contribution in [1.29, 1.82) is 5.26 Å². The van der Waals surface area contributed by atoms with Crippen LogP contribution in [0.25, 0.3) is 33.3 Å². The van der Waals surface area contributed by atoms with E-state index in [1.165, 1.54) is 6.92 Å². The molecule has 2 N–H and O–H groups in total. The van der Waals surface area contributed by atoms with Crippen molar-refractivity contribution in [3.05, 3.63) is 77.3 Å². The predicted molar refractivity (Wildman–Crippen MR) is 134 cm³/mol. The van der Waals surface area contributed by atoms with Crippen molar-refractivity contribution < 1.29 is 14.6 Å². The minimum absolute atomic E-state index is 0.269. The molecule has 0 saturated heterocycles. The molecule has 0 unspecified atom stereocenters. The van der Waals surface area contributed by atoms with Crippen LogP contribution in [-0.4, -0.2) is 28.7 Å². The minimum Gasteiger partial charge on any atom is -0.493 e. The highest BCUT2D eigenvalue weighted by molar-refractivity contribution is 6.31. The summed E-state index contributed by atoms with van der Waals surface area (Å²) in [6, 6.07) is 21.9. The first-order chi connectivity index (χ1) is 16.4. The predicted octanol–water partition coefficient (Wildman–Crippen LogP) is 6.38. The number of hydrogen-bond donors (Lipinski definition) is 2. The molecule has 0 aliphatic heterocycles. The van der Waals surface area contributed by atoms with Gasteiger partial charge >= 0.3 is 5.97 Å². The minimum atomic E-state index is -1.03. The van der Waals surface area contributed by atoms with Crippen molar-refractivity contribution >= 4 is 34.2 Å². The summed E-state index contributed by atoms with van der Waals surface area (Å²) in [4.78, 5) is 16.2. The number of carboxylic acids is 1. The number of halogens is 1. The quantitative estimate of drug-likeness (QED) is 0.325. The number of para-hydroxylation sites is 1. The topological polar surface area (TPSA) is 95.2 Å². The second-order valence-electron chi connectivity index (χ2n) is 7.69. The maximum atomic E-state index is 11.5. The molecule has 0 bridgehead atoms. The van der Waals surface area contributed by atoms with Gasteiger partial charge in [-0.15, -0.1) is 0 Å². The van der Waals surface area contributed by atoms with Crippen molar-refractivity contribution in [2.75, 3.05) is 11.9 Å². The van der Waals surface area contributed by atoms with Crippen LogP contribution in [0.15, 0.2) is 66.7 Å². The molecule has 1 aromatic heterocycles. The van der Waals surface area contributed by atoms with Crippen molar-refractivity contribution in [3.63, 3.8) is 0 Å². The van der Waals surface area contributed by atoms with Crippen LogP contribution >= 0.6 is 11.6 Å². The highest BCUT2D eigenvalue weighted by Gasteiger charge is 2.20. The molecule has 34 heavy (non-hydrogen) atoms. The fourth-order valence-electron chi connectivity index (χ4n) is 3.78. The molecule has 0 fully saturated rings. The van der Waals surface area contributed by atoms with E-state index in [0.29, 0.717) is 33.9 Å². The van der Waals surface area contributed by atoms with Crippen LogP contribution in [0.2, 0.25) is 5.02 Å². The Kier molecular flexibility index (Phi) is 6.67. The van der Waals surface area contributed by atoms with E-state index in [0.717, 1.165) is 22.4 Å². The van der Waals surface area contributed by atoms with Gasteiger partial charge in [-0.2, -0.15) is 5.26 Å². The van der Waals surface area contributed by atoms with Gasteiger partial charge in [-0.1, -0.05) is 54.1 Å². The number of nitrogens with one attached hydrogen (secondary N) is 1. The standard InChI is InChI=1S/C27H22ClN3O3/c1-3-34-24-7-5-4-6-20(24)17-8-10-18(11-9-17)25-22(15-29)26(30-16(2)27(32)33)21-13-12-19(28)14-23(21)31-25/h4-14,16H,3H2,1-2H3,(H,30,31)(H,32,33)/t16-/m1/s1. The second-order valence-corrected chi connectivity index (χ2v) is 8.13. The largest absolute Gasteiger partial charge is 0.493 e. The zero-order valence-electron chi connectivity index (χ0n) is 18.7. The van der Waals surface area contributed by atoms with Crippen LogP contribution in [0, 0.1) is 11.3 Å². The molecule has 7 heteroatoms. The van der Waals surface area contributed by atoms with Gasteiger partial charge in [0.25, 0.3) is 0 Å². The van der Waals surface area contributed by atoms with Crippen molar-refractivity contribution in [2.24, 2.45) is 0 Å². The number of anilines is 1. The molecular weight excluding hydrogens is 450 g/mol. The van der Waals surface area contributed by atoms with Crippen molar-refractivity contribution in [3.8, 4) is 34.2 Å². The third-order valence-electron chi connectivity index (χ3n) is 5.45. The van der Waals surface area contributed by atoms with Gasteiger partial charge in [0.05, 0.1) is 23.5 Å². The number of carbonyl (C=O) groups is 1. The number of benzene rings is 3. The molecule has 1 heterocycles. The molecule has 0 amide bonds. The summed E-state index contributed by atoms with van der Waals surface area (Å²) in [6.45, 7) is 4.03. The maximum Gasteiger partial charge on any atom is 0.325 e. The molecule has 4 aromatic rings. The van der Waals surface area contributed by atoms with Crippen LogP contribution in [0.5, 0.6) is 5.75 Å². The Labute approximate surface area is 202 Å². The molecule has 170 valence electrons. The Hall–Kier alpha value is -4.08. The Bertz CT molecular complexity index is 1410. The average molecular weight is 472 g/mol. The van der Waals surface area contributed by atoms with Crippen molar-refractivity contribution in [1.82, 2.24) is 4.98 Å². The van der Waals surface area contributed by atoms with E-state index in [-0.39, 0.29) is 5.56 Å². The van der Waals surface area contributed by atoms with Crippen LogP contribution < -0.4 is 10.1 Å². The van der Waals surface area contributed by atoms with E-state index in [9.17, 15) is 15.2 Å². The van der Waals surface area contributed by atoms with E-state index in [2.05, 4.69) is 11.4 Å². The summed E-state index contributed by atoms with van der Waals surface area (Å²) >= 11 is 6.20. The highest BCUT2D eigenvalue weighted by Crippen LogP contribution is 2.36. The molecule has 3 aromatic carbocycles. The first kappa shape index (κ1) is 23.1. The molecule has 1 atom stereocenters. The Balaban J connectivity index is 1.86. The van der Waals surface area contributed by atoms with E-state index in [1.807, 2.05) is 55.5 Å². The van der Waals surface area contributed by atoms with Gasteiger partial charge < -0.3 is 15.2 Å². The van der Waals surface area contributed by atoms with E-state index < -0.39 is 12.0 Å². The number of fused-ring (bicyclic) bond motifs is 1. The molecule has 4 rings (SSSR count). The number of hydrogen-bond acceptors (Lipinski definition) is 5. The summed E-state index contributed by atoms with van der Waals surface area (Å²) in [7, 11) is 0. The number of aromatic nitrogens is 1. The number of carboxylic acid groups (broad SMARTS) is 1. The van der Waals surface area contributed by atoms with E-state index in [1.54, 1.807) is 18.2 Å². The molecule has 6 nitrogen and oxygen atoms in total. The number of pyridine rings is 1. The Morgan fingerprint density at radius 1 is 1.15 bits per heavy atom. The lowest BCUT2D eigenvalue weighted by molar-refractivity contribution is -0.137. The summed E-state index contributed by atoms with van der Waals surface area (Å²) in [5.74, 6) is -0.232. The molecule has 0 saturated carbocycles. The van der Waals surface area contributed by atoms with Crippen molar-refractivity contribution in [2.45, 2.75) is 19.9 Å². The van der Waals surface area contributed by atoms with E-state index >= 15 is 0 Å². The number of nitrogens with zero attached hydrogens (tertiary/aromatic N) is 2. The van der Waals surface area contributed by atoms with Gasteiger partial charge in [-0.3, -0.25) is 4.79 Å². The van der Waals surface area contributed by atoms with Crippen LogP contribution in [0.3, 0.4) is 0 Å². The third-order valence-corrected chi connectivity index (χ3v) is 5.68. The summed E-state index contributed by atoms with van der Waals surface area (Å²) in [6.07, 6.45) is 0. The fraction of sp³-hybridized carbons (Fsp3) is 0.148. The lowest BCUT2D eigenvalue weighted by Crippen LogP contribution is -2.26. The third kappa shape index (κ3) is 4.52. The van der Waals surface area contributed by atoms with Gasteiger partial charge in [-0.05, 0) is 43.7 Å². The number of ether oxygens (including phenoxy) is 1. The highest BCUT2D eigenvalue weighted by atomic mass is 35.5. The van der Waals surface area contributed by atoms with Gasteiger partial charge in [0.2, 0.25) is 0 Å². The van der Waals surface area contributed by atoms with E-state index in [4.69, 9.17) is 21.3 Å². The SMILES string of the molecule is CCOc1ccccc1-c1ccc(-c2nc3cc(Cl)ccc3c(N[C@H](C)C(=O)O)c2C#N)cc1. The number of rotatable bonds is 7. The average Bonchev–Trinajstić information content (AvgIpc) is 2.84. The fourth-order valence-corrected chi connectivity index (χ4v) is 3.94. The summed E-state index contributed by atoms with van der Waals surface area (Å²) in [5, 5.41) is 23.5. The first-order valence-electron chi connectivity index (χ1n) is 10.8. The van der Waals surface area contributed by atoms with Gasteiger partial charge in [0.15, 0.2) is 0 Å². The summed E-state index contributed by atoms with van der Waals surface area (Å²) in [5.41, 5.74) is 4.35. The Morgan fingerprint density at radius 2 is 1.85 bits per heavy atom. The van der Waals surface area contributed by atoms with Crippen LogP contribution in [-0.2, 0) is 4.79 Å².